The van der Waals surface area contributed by atoms with Gasteiger partial charge in [0.05, 0.1) is 17.4 Å². The molecule has 0 atom stereocenters. The van der Waals surface area contributed by atoms with Crippen molar-refractivity contribution < 1.29 is 13.2 Å². The molecule has 0 saturated carbocycles. The topological polar surface area (TPSA) is 55.4 Å². The number of hydrogen-bond acceptors (Lipinski definition) is 4. The monoisotopic (exact) mass is 291 g/mol. The third-order valence-electron chi connectivity index (χ3n) is 2.29. The summed E-state index contributed by atoms with van der Waals surface area (Å²) in [6.45, 7) is 1.09. The molecule has 0 fully saturated rings. The minimum Gasteiger partial charge on any atom is -0.492 e. The minimum atomic E-state index is -2.92. The lowest BCUT2D eigenvalue weighted by molar-refractivity contribution is 0.318. The summed E-state index contributed by atoms with van der Waals surface area (Å²) >= 11 is 6.06. The van der Waals surface area contributed by atoms with E-state index in [1.54, 1.807) is 6.07 Å². The van der Waals surface area contributed by atoms with Gasteiger partial charge in [-0.1, -0.05) is 17.7 Å². The van der Waals surface area contributed by atoms with Crippen molar-refractivity contribution >= 4 is 21.4 Å². The van der Waals surface area contributed by atoms with Gasteiger partial charge in [0.25, 0.3) is 0 Å². The number of halogens is 1. The maximum atomic E-state index is 10.9. The largest absolute Gasteiger partial charge is 0.492 e. The molecule has 0 amide bonds. The van der Waals surface area contributed by atoms with Crippen LogP contribution in [0.25, 0.3) is 0 Å². The van der Waals surface area contributed by atoms with Gasteiger partial charge in [0.15, 0.2) is 0 Å². The lowest BCUT2D eigenvalue weighted by Crippen LogP contribution is -2.08. The van der Waals surface area contributed by atoms with Crippen LogP contribution in [0.5, 0.6) is 5.75 Å². The fourth-order valence-corrected chi connectivity index (χ4v) is 2.38. The van der Waals surface area contributed by atoms with E-state index in [0.717, 1.165) is 12.1 Å². The Balaban J connectivity index is 2.48. The second-order valence-corrected chi connectivity index (χ2v) is 6.79. The quantitative estimate of drug-likeness (QED) is 0.779. The SMILES string of the molecule is CNCc1ccc(OCCCS(C)(=O)=O)c(Cl)c1. The Labute approximate surface area is 113 Å². The molecule has 18 heavy (non-hydrogen) atoms. The second-order valence-electron chi connectivity index (χ2n) is 4.13. The van der Waals surface area contributed by atoms with E-state index in [9.17, 15) is 8.42 Å². The van der Waals surface area contributed by atoms with Crippen molar-refractivity contribution in [1.82, 2.24) is 5.32 Å². The standard InChI is InChI=1S/C12H18ClNO3S/c1-14-9-10-4-5-12(11(13)8-10)17-6-3-7-18(2,15)16/h4-5,8,14H,3,6-7,9H2,1-2H3. The zero-order valence-electron chi connectivity index (χ0n) is 10.6. The van der Waals surface area contributed by atoms with Gasteiger partial charge in [-0.15, -0.1) is 0 Å². The van der Waals surface area contributed by atoms with Crippen LogP contribution in [0, 0.1) is 0 Å². The van der Waals surface area contributed by atoms with Gasteiger partial charge in [-0.3, -0.25) is 0 Å². The van der Waals surface area contributed by atoms with E-state index in [4.69, 9.17) is 16.3 Å². The van der Waals surface area contributed by atoms with E-state index in [1.165, 1.54) is 6.26 Å². The number of rotatable bonds is 7. The van der Waals surface area contributed by atoms with Crippen molar-refractivity contribution in [3.05, 3.63) is 28.8 Å². The van der Waals surface area contributed by atoms with Crippen LogP contribution in [0.2, 0.25) is 5.02 Å². The summed E-state index contributed by atoms with van der Waals surface area (Å²) in [4.78, 5) is 0. The zero-order chi connectivity index (χ0) is 13.6. The van der Waals surface area contributed by atoms with Crippen molar-refractivity contribution in [1.29, 1.82) is 0 Å². The van der Waals surface area contributed by atoms with Gasteiger partial charge < -0.3 is 10.1 Å². The first-order valence-corrected chi connectivity index (χ1v) is 8.10. The first-order valence-electron chi connectivity index (χ1n) is 5.66. The molecular weight excluding hydrogens is 274 g/mol. The van der Waals surface area contributed by atoms with Gasteiger partial charge in [-0.2, -0.15) is 0 Å². The summed E-state index contributed by atoms with van der Waals surface area (Å²) in [5, 5.41) is 3.58. The van der Waals surface area contributed by atoms with Gasteiger partial charge in [0.1, 0.15) is 15.6 Å². The molecule has 0 aliphatic carbocycles. The van der Waals surface area contributed by atoms with Crippen molar-refractivity contribution in [2.75, 3.05) is 25.7 Å². The molecule has 0 saturated heterocycles. The molecule has 0 aliphatic rings. The fourth-order valence-electron chi connectivity index (χ4n) is 1.48. The summed E-state index contributed by atoms with van der Waals surface area (Å²) in [6.07, 6.45) is 1.68. The van der Waals surface area contributed by atoms with Gasteiger partial charge in [0.2, 0.25) is 0 Å². The summed E-state index contributed by atoms with van der Waals surface area (Å²) in [6, 6.07) is 5.56. The molecule has 0 aromatic heterocycles. The van der Waals surface area contributed by atoms with E-state index in [2.05, 4.69) is 5.32 Å². The molecular formula is C12H18ClNO3S. The third kappa shape index (κ3) is 5.71. The highest BCUT2D eigenvalue weighted by Crippen LogP contribution is 2.25. The molecule has 102 valence electrons. The Hall–Kier alpha value is -0.780. The van der Waals surface area contributed by atoms with Crippen LogP contribution in [-0.2, 0) is 16.4 Å². The molecule has 0 aliphatic heterocycles. The predicted octanol–water partition coefficient (Wildman–Crippen LogP) is 1.87. The van der Waals surface area contributed by atoms with Gasteiger partial charge >= 0.3 is 0 Å². The lowest BCUT2D eigenvalue weighted by atomic mass is 10.2. The lowest BCUT2D eigenvalue weighted by Gasteiger charge is -2.09. The molecule has 0 spiro atoms. The van der Waals surface area contributed by atoms with Crippen LogP contribution in [0.4, 0.5) is 0 Å². The van der Waals surface area contributed by atoms with Crippen LogP contribution in [0.3, 0.4) is 0 Å². The van der Waals surface area contributed by atoms with Crippen molar-refractivity contribution in [2.45, 2.75) is 13.0 Å². The molecule has 0 heterocycles. The fraction of sp³-hybridized carbons (Fsp3) is 0.500. The Bertz CT molecular complexity index is 488. The number of benzene rings is 1. The van der Waals surface area contributed by atoms with Gasteiger partial charge in [-0.25, -0.2) is 8.42 Å². The van der Waals surface area contributed by atoms with Crippen molar-refractivity contribution in [3.8, 4) is 5.75 Å². The molecule has 6 heteroatoms. The highest BCUT2D eigenvalue weighted by Gasteiger charge is 2.05. The van der Waals surface area contributed by atoms with Gasteiger partial charge in [-0.05, 0) is 31.2 Å². The van der Waals surface area contributed by atoms with Gasteiger partial charge in [0, 0.05) is 12.8 Å². The molecule has 4 nitrogen and oxygen atoms in total. The average Bonchev–Trinajstić information content (AvgIpc) is 2.26. The normalized spacial score (nSPS) is 11.5. The van der Waals surface area contributed by atoms with Crippen LogP contribution in [0.15, 0.2) is 18.2 Å². The summed E-state index contributed by atoms with van der Waals surface area (Å²) in [7, 11) is -1.06. The van der Waals surface area contributed by atoms with E-state index >= 15 is 0 Å². The maximum absolute atomic E-state index is 10.9. The van der Waals surface area contributed by atoms with Crippen LogP contribution in [0.1, 0.15) is 12.0 Å². The molecule has 1 N–H and O–H groups in total. The Morgan fingerprint density at radius 2 is 2.11 bits per heavy atom. The maximum Gasteiger partial charge on any atom is 0.147 e. The van der Waals surface area contributed by atoms with E-state index in [0.29, 0.717) is 23.8 Å². The summed E-state index contributed by atoms with van der Waals surface area (Å²) < 4.78 is 27.3. The molecule has 1 rings (SSSR count). The molecule has 1 aromatic rings. The van der Waals surface area contributed by atoms with E-state index in [1.807, 2.05) is 19.2 Å². The zero-order valence-corrected chi connectivity index (χ0v) is 12.1. The highest BCUT2D eigenvalue weighted by molar-refractivity contribution is 7.90. The summed E-state index contributed by atoms with van der Waals surface area (Å²) in [5.74, 6) is 0.715. The number of sulfone groups is 1. The van der Waals surface area contributed by atoms with Crippen LogP contribution >= 0.6 is 11.6 Å². The van der Waals surface area contributed by atoms with Crippen LogP contribution < -0.4 is 10.1 Å². The predicted molar refractivity (Wildman–Crippen MR) is 74.0 cm³/mol. The van der Waals surface area contributed by atoms with E-state index in [-0.39, 0.29) is 5.75 Å². The highest BCUT2D eigenvalue weighted by atomic mass is 35.5. The minimum absolute atomic E-state index is 0.127. The third-order valence-corrected chi connectivity index (χ3v) is 3.62. The average molecular weight is 292 g/mol. The molecule has 0 unspecified atom stereocenters. The smallest absolute Gasteiger partial charge is 0.147 e. The first-order chi connectivity index (χ1) is 8.42. The Morgan fingerprint density at radius 1 is 1.39 bits per heavy atom. The Kier molecular flexibility index (Phi) is 5.91. The molecule has 0 bridgehead atoms. The Morgan fingerprint density at radius 3 is 2.67 bits per heavy atom. The summed E-state index contributed by atoms with van der Waals surface area (Å²) in [5.41, 5.74) is 1.07. The number of nitrogens with one attached hydrogen (secondary N) is 1. The van der Waals surface area contributed by atoms with Crippen LogP contribution in [-0.4, -0.2) is 34.1 Å². The number of hydrogen-bond donors (Lipinski definition) is 1. The number of ether oxygens (including phenoxy) is 1. The molecule has 0 radical (unpaired) electrons. The van der Waals surface area contributed by atoms with Crippen molar-refractivity contribution in [3.63, 3.8) is 0 Å². The first kappa shape index (κ1) is 15.3. The van der Waals surface area contributed by atoms with Crippen molar-refractivity contribution in [2.24, 2.45) is 0 Å². The second kappa shape index (κ2) is 6.97. The molecule has 1 aromatic carbocycles. The van der Waals surface area contributed by atoms with E-state index < -0.39 is 9.84 Å².